The van der Waals surface area contributed by atoms with Crippen LogP contribution in [0.2, 0.25) is 0 Å². The van der Waals surface area contributed by atoms with E-state index in [2.05, 4.69) is 4.98 Å². The summed E-state index contributed by atoms with van der Waals surface area (Å²) in [6.07, 6.45) is 7.77. The van der Waals surface area contributed by atoms with Crippen molar-refractivity contribution in [3.63, 3.8) is 0 Å². The number of hydrogen-bond acceptors (Lipinski definition) is 3. The summed E-state index contributed by atoms with van der Waals surface area (Å²) < 4.78 is 5.73. The monoisotopic (exact) mass is 359 g/mol. The molecule has 4 heterocycles. The summed E-state index contributed by atoms with van der Waals surface area (Å²) in [6, 6.07) is 1.87. The SMILES string of the molecule is Cc1[nH]ccc1C(=O)N1CCC2(CCC(=O)N(C[C@@H]3CCCO3)C2)CC1. The van der Waals surface area contributed by atoms with Gasteiger partial charge in [-0.2, -0.15) is 0 Å². The minimum absolute atomic E-state index is 0.127. The van der Waals surface area contributed by atoms with Gasteiger partial charge in [0, 0.05) is 51.1 Å². The van der Waals surface area contributed by atoms with Crippen LogP contribution >= 0.6 is 0 Å². The van der Waals surface area contributed by atoms with Crippen molar-refractivity contribution in [1.82, 2.24) is 14.8 Å². The van der Waals surface area contributed by atoms with Gasteiger partial charge in [-0.1, -0.05) is 0 Å². The molecular formula is C20H29N3O3. The van der Waals surface area contributed by atoms with E-state index in [4.69, 9.17) is 4.74 Å². The first kappa shape index (κ1) is 17.6. The van der Waals surface area contributed by atoms with E-state index >= 15 is 0 Å². The van der Waals surface area contributed by atoms with Gasteiger partial charge in [0.05, 0.1) is 11.7 Å². The molecule has 6 heteroatoms. The number of aromatic amines is 1. The molecule has 2 amide bonds. The van der Waals surface area contributed by atoms with Gasteiger partial charge < -0.3 is 19.5 Å². The fourth-order valence-electron chi connectivity index (χ4n) is 4.75. The molecule has 0 saturated carbocycles. The Morgan fingerprint density at radius 2 is 2.15 bits per heavy atom. The number of likely N-dealkylation sites (tertiary alicyclic amines) is 2. The van der Waals surface area contributed by atoms with Gasteiger partial charge in [-0.3, -0.25) is 9.59 Å². The topological polar surface area (TPSA) is 65.6 Å². The van der Waals surface area contributed by atoms with Crippen molar-refractivity contribution in [3.05, 3.63) is 23.5 Å². The molecule has 1 aromatic rings. The van der Waals surface area contributed by atoms with Gasteiger partial charge in [0.2, 0.25) is 5.91 Å². The van der Waals surface area contributed by atoms with Gasteiger partial charge in [0.1, 0.15) is 0 Å². The minimum atomic E-state index is 0.127. The lowest BCUT2D eigenvalue weighted by atomic mass is 9.72. The molecule has 1 aromatic heterocycles. The van der Waals surface area contributed by atoms with Gasteiger partial charge in [-0.15, -0.1) is 0 Å². The molecule has 0 unspecified atom stereocenters. The Bertz CT molecular complexity index is 670. The second kappa shape index (κ2) is 7.06. The van der Waals surface area contributed by atoms with Crippen molar-refractivity contribution in [1.29, 1.82) is 0 Å². The Balaban J connectivity index is 1.37. The largest absolute Gasteiger partial charge is 0.376 e. The maximum absolute atomic E-state index is 12.7. The number of carbonyl (C=O) groups excluding carboxylic acids is 2. The minimum Gasteiger partial charge on any atom is -0.376 e. The molecule has 6 nitrogen and oxygen atoms in total. The number of nitrogens with zero attached hydrogens (tertiary/aromatic N) is 2. The van der Waals surface area contributed by atoms with E-state index in [9.17, 15) is 9.59 Å². The van der Waals surface area contributed by atoms with Crippen LogP contribution in [0.3, 0.4) is 0 Å². The van der Waals surface area contributed by atoms with Crippen LogP contribution in [0, 0.1) is 12.3 Å². The van der Waals surface area contributed by atoms with Crippen molar-refractivity contribution >= 4 is 11.8 Å². The standard InChI is InChI=1S/C20H29N3O3/c1-15-17(5-9-21-15)19(25)22-10-7-20(8-11-22)6-4-18(24)23(14-20)13-16-3-2-12-26-16/h5,9,16,21H,2-4,6-8,10-14H2,1H3/t16-/m0/s1. The quantitative estimate of drug-likeness (QED) is 0.901. The van der Waals surface area contributed by atoms with Gasteiger partial charge in [0.15, 0.2) is 0 Å². The number of aryl methyl sites for hydroxylation is 1. The molecule has 1 atom stereocenters. The fraction of sp³-hybridized carbons (Fsp3) is 0.700. The Kier molecular flexibility index (Phi) is 4.78. The summed E-state index contributed by atoms with van der Waals surface area (Å²) in [7, 11) is 0. The second-order valence-corrected chi connectivity index (χ2v) is 8.22. The Hall–Kier alpha value is -1.82. The molecule has 142 valence electrons. The van der Waals surface area contributed by atoms with E-state index in [0.29, 0.717) is 6.42 Å². The summed E-state index contributed by atoms with van der Waals surface area (Å²) in [6.45, 7) is 5.90. The van der Waals surface area contributed by atoms with Crippen LogP contribution in [0.15, 0.2) is 12.3 Å². The maximum Gasteiger partial charge on any atom is 0.255 e. The number of aromatic nitrogens is 1. The van der Waals surface area contributed by atoms with E-state index in [1.54, 1.807) is 0 Å². The zero-order valence-corrected chi connectivity index (χ0v) is 15.6. The van der Waals surface area contributed by atoms with Crippen LogP contribution in [-0.2, 0) is 9.53 Å². The number of hydrogen-bond donors (Lipinski definition) is 1. The first-order valence-corrected chi connectivity index (χ1v) is 9.89. The summed E-state index contributed by atoms with van der Waals surface area (Å²) >= 11 is 0. The van der Waals surface area contributed by atoms with Crippen LogP contribution in [0.5, 0.6) is 0 Å². The first-order valence-electron chi connectivity index (χ1n) is 9.89. The molecule has 0 bridgehead atoms. The molecule has 3 aliphatic heterocycles. The van der Waals surface area contributed by atoms with E-state index in [0.717, 1.165) is 76.1 Å². The van der Waals surface area contributed by atoms with Crippen LogP contribution < -0.4 is 0 Å². The highest BCUT2D eigenvalue weighted by molar-refractivity contribution is 5.95. The van der Waals surface area contributed by atoms with Gasteiger partial charge in [-0.05, 0) is 50.5 Å². The first-order chi connectivity index (χ1) is 12.6. The van der Waals surface area contributed by atoms with Gasteiger partial charge in [-0.25, -0.2) is 0 Å². The highest BCUT2D eigenvalue weighted by atomic mass is 16.5. The summed E-state index contributed by atoms with van der Waals surface area (Å²) in [5.41, 5.74) is 1.89. The zero-order valence-electron chi connectivity index (χ0n) is 15.6. The number of H-pyrrole nitrogens is 1. The Labute approximate surface area is 154 Å². The number of ether oxygens (including phenoxy) is 1. The molecule has 26 heavy (non-hydrogen) atoms. The lowest BCUT2D eigenvalue weighted by Crippen LogP contribution is -2.53. The Morgan fingerprint density at radius 1 is 1.35 bits per heavy atom. The smallest absolute Gasteiger partial charge is 0.255 e. The van der Waals surface area contributed by atoms with Crippen molar-refractivity contribution in [2.24, 2.45) is 5.41 Å². The molecular weight excluding hydrogens is 330 g/mol. The van der Waals surface area contributed by atoms with Gasteiger partial charge in [0.25, 0.3) is 5.91 Å². The fourth-order valence-corrected chi connectivity index (χ4v) is 4.75. The third-order valence-electron chi connectivity index (χ3n) is 6.49. The van der Waals surface area contributed by atoms with Crippen molar-refractivity contribution in [3.8, 4) is 0 Å². The summed E-state index contributed by atoms with van der Waals surface area (Å²) in [5.74, 6) is 0.397. The van der Waals surface area contributed by atoms with Crippen LogP contribution in [0.1, 0.15) is 54.6 Å². The van der Waals surface area contributed by atoms with Crippen LogP contribution in [0.25, 0.3) is 0 Å². The Morgan fingerprint density at radius 3 is 2.81 bits per heavy atom. The molecule has 0 radical (unpaired) electrons. The van der Waals surface area contributed by atoms with Crippen molar-refractivity contribution in [2.45, 2.75) is 51.6 Å². The number of piperidine rings is 2. The normalized spacial score (nSPS) is 25.9. The van der Waals surface area contributed by atoms with E-state index in [1.807, 2.05) is 29.0 Å². The van der Waals surface area contributed by atoms with Crippen LogP contribution in [-0.4, -0.2) is 65.5 Å². The number of carbonyl (C=O) groups is 2. The predicted octanol–water partition coefficient (Wildman–Crippen LogP) is 2.35. The zero-order chi connectivity index (χ0) is 18.1. The number of rotatable bonds is 3. The van der Waals surface area contributed by atoms with Crippen LogP contribution in [0.4, 0.5) is 0 Å². The maximum atomic E-state index is 12.7. The molecule has 0 aliphatic carbocycles. The van der Waals surface area contributed by atoms with E-state index in [-0.39, 0.29) is 23.3 Å². The number of nitrogens with one attached hydrogen (secondary N) is 1. The number of amides is 2. The lowest BCUT2D eigenvalue weighted by Gasteiger charge is -2.47. The molecule has 4 rings (SSSR count). The molecule has 1 spiro atoms. The average Bonchev–Trinajstić information content (AvgIpc) is 3.30. The third kappa shape index (κ3) is 3.39. The second-order valence-electron chi connectivity index (χ2n) is 8.22. The van der Waals surface area contributed by atoms with E-state index < -0.39 is 0 Å². The predicted molar refractivity (Wildman–Crippen MR) is 97.9 cm³/mol. The van der Waals surface area contributed by atoms with E-state index in [1.165, 1.54) is 0 Å². The molecule has 3 aliphatic rings. The molecule has 3 saturated heterocycles. The molecule has 0 aromatic carbocycles. The summed E-state index contributed by atoms with van der Waals surface area (Å²) in [4.78, 5) is 32.2. The molecule has 3 fully saturated rings. The highest BCUT2D eigenvalue weighted by Crippen LogP contribution is 2.40. The highest BCUT2D eigenvalue weighted by Gasteiger charge is 2.42. The third-order valence-corrected chi connectivity index (χ3v) is 6.49. The lowest BCUT2D eigenvalue weighted by molar-refractivity contribution is -0.141. The van der Waals surface area contributed by atoms with Gasteiger partial charge >= 0.3 is 0 Å². The van der Waals surface area contributed by atoms with Crippen molar-refractivity contribution < 1.29 is 14.3 Å². The van der Waals surface area contributed by atoms with Crippen molar-refractivity contribution in [2.75, 3.05) is 32.8 Å². The summed E-state index contributed by atoms with van der Waals surface area (Å²) in [5, 5.41) is 0. The average molecular weight is 359 g/mol. The molecule has 1 N–H and O–H groups in total.